The van der Waals surface area contributed by atoms with Gasteiger partial charge in [-0.2, -0.15) is 0 Å². The Hall–Kier alpha value is -1.14. The van der Waals surface area contributed by atoms with Crippen LogP contribution in [0.25, 0.3) is 0 Å². The van der Waals surface area contributed by atoms with Crippen molar-refractivity contribution in [3.63, 3.8) is 0 Å². The molecule has 21 heavy (non-hydrogen) atoms. The number of benzene rings is 1. The zero-order valence-corrected chi connectivity index (χ0v) is 12.8. The molecule has 0 spiro atoms. The van der Waals surface area contributed by atoms with Crippen LogP contribution < -0.4 is 0 Å². The van der Waals surface area contributed by atoms with Gasteiger partial charge in [0.1, 0.15) is 12.0 Å². The lowest BCUT2D eigenvalue weighted by molar-refractivity contribution is -0.211. The van der Waals surface area contributed by atoms with Crippen molar-refractivity contribution in [3.05, 3.63) is 35.9 Å². The molecule has 1 unspecified atom stereocenters. The molecular weight excluding hydrogens is 294 g/mol. The van der Waals surface area contributed by atoms with Gasteiger partial charge in [0.2, 0.25) is 5.91 Å². The van der Waals surface area contributed by atoms with Crippen LogP contribution >= 0.6 is 11.6 Å². The zero-order chi connectivity index (χ0) is 15.3. The number of amides is 1. The normalized spacial score (nSPS) is 18.4. The number of aliphatic hydroxyl groups excluding tert-OH is 1. The van der Waals surface area contributed by atoms with Crippen LogP contribution in [0.2, 0.25) is 0 Å². The van der Waals surface area contributed by atoms with Crippen LogP contribution in [0.1, 0.15) is 12.5 Å². The molecule has 1 atom stereocenters. The largest absolute Gasteiger partial charge is 0.386 e. The van der Waals surface area contributed by atoms with E-state index in [-0.39, 0.29) is 18.3 Å². The third-order valence-electron chi connectivity index (χ3n) is 3.54. The van der Waals surface area contributed by atoms with Crippen LogP contribution in [0.15, 0.2) is 30.3 Å². The molecule has 0 radical (unpaired) electrons. The van der Waals surface area contributed by atoms with E-state index in [1.165, 1.54) is 4.90 Å². The topological polar surface area (TPSA) is 59.0 Å². The van der Waals surface area contributed by atoms with E-state index in [0.717, 1.165) is 5.56 Å². The van der Waals surface area contributed by atoms with Crippen LogP contribution in [-0.2, 0) is 20.8 Å². The van der Waals surface area contributed by atoms with E-state index in [9.17, 15) is 9.90 Å². The number of carbonyl (C=O) groups is 1. The maximum absolute atomic E-state index is 12.0. The maximum atomic E-state index is 12.0. The van der Waals surface area contributed by atoms with E-state index >= 15 is 0 Å². The monoisotopic (exact) mass is 313 g/mol. The van der Waals surface area contributed by atoms with Gasteiger partial charge in [-0.1, -0.05) is 30.3 Å². The zero-order valence-electron chi connectivity index (χ0n) is 12.0. The lowest BCUT2D eigenvalue weighted by Gasteiger charge is -2.32. The molecule has 5 nitrogen and oxygen atoms in total. The second-order valence-corrected chi connectivity index (χ2v) is 5.39. The van der Waals surface area contributed by atoms with E-state index in [1.54, 1.807) is 6.92 Å². The van der Waals surface area contributed by atoms with E-state index < -0.39 is 11.9 Å². The molecule has 0 saturated carbocycles. The quantitative estimate of drug-likeness (QED) is 0.806. The SMILES string of the molecule is CC1(C(O)CN(Cc2ccccc2)C(=O)CCl)OCCO1. The Morgan fingerprint density at radius 2 is 2.00 bits per heavy atom. The molecule has 1 fully saturated rings. The number of aliphatic hydroxyl groups is 1. The van der Waals surface area contributed by atoms with Gasteiger partial charge in [-0.25, -0.2) is 0 Å². The van der Waals surface area contributed by atoms with Gasteiger partial charge in [0.05, 0.1) is 19.8 Å². The van der Waals surface area contributed by atoms with Crippen molar-refractivity contribution in [1.82, 2.24) is 4.90 Å². The van der Waals surface area contributed by atoms with Crippen LogP contribution in [0.4, 0.5) is 0 Å². The molecule has 2 rings (SSSR count). The Morgan fingerprint density at radius 1 is 1.38 bits per heavy atom. The fourth-order valence-corrected chi connectivity index (χ4v) is 2.41. The molecule has 1 aliphatic rings. The number of halogens is 1. The van der Waals surface area contributed by atoms with Crippen LogP contribution in [0, 0.1) is 0 Å². The Morgan fingerprint density at radius 3 is 2.57 bits per heavy atom. The molecule has 0 aromatic heterocycles. The molecule has 1 aliphatic heterocycles. The fourth-order valence-electron chi connectivity index (χ4n) is 2.24. The van der Waals surface area contributed by atoms with Gasteiger partial charge in [-0.15, -0.1) is 11.6 Å². The average molecular weight is 314 g/mol. The van der Waals surface area contributed by atoms with Crippen molar-refractivity contribution in [1.29, 1.82) is 0 Å². The Balaban J connectivity index is 2.04. The first-order valence-electron chi connectivity index (χ1n) is 6.89. The predicted molar refractivity (Wildman–Crippen MR) is 78.9 cm³/mol. The smallest absolute Gasteiger partial charge is 0.237 e. The summed E-state index contributed by atoms with van der Waals surface area (Å²) in [5.74, 6) is -1.43. The van der Waals surface area contributed by atoms with Gasteiger partial charge in [-0.3, -0.25) is 4.79 Å². The molecule has 1 aromatic carbocycles. The van der Waals surface area contributed by atoms with Crippen molar-refractivity contribution in [2.24, 2.45) is 0 Å². The van der Waals surface area contributed by atoms with E-state index in [2.05, 4.69) is 0 Å². The molecule has 1 heterocycles. The van der Waals surface area contributed by atoms with E-state index in [1.807, 2.05) is 30.3 Å². The molecule has 116 valence electrons. The maximum Gasteiger partial charge on any atom is 0.237 e. The van der Waals surface area contributed by atoms with Gasteiger partial charge >= 0.3 is 0 Å². The Bertz CT molecular complexity index is 462. The lowest BCUT2D eigenvalue weighted by Crippen LogP contribution is -2.49. The number of hydrogen-bond donors (Lipinski definition) is 1. The van der Waals surface area contributed by atoms with Crippen molar-refractivity contribution in [2.45, 2.75) is 25.4 Å². The summed E-state index contributed by atoms with van der Waals surface area (Å²) >= 11 is 5.66. The van der Waals surface area contributed by atoms with Crippen molar-refractivity contribution < 1.29 is 19.4 Å². The second kappa shape index (κ2) is 7.22. The van der Waals surface area contributed by atoms with Gasteiger partial charge < -0.3 is 19.5 Å². The molecule has 1 N–H and O–H groups in total. The summed E-state index contributed by atoms with van der Waals surface area (Å²) in [6.45, 7) is 3.05. The summed E-state index contributed by atoms with van der Waals surface area (Å²) in [7, 11) is 0. The van der Waals surface area contributed by atoms with Gasteiger partial charge in [-0.05, 0) is 12.5 Å². The third-order valence-corrected chi connectivity index (χ3v) is 3.77. The van der Waals surface area contributed by atoms with Crippen LogP contribution in [0.3, 0.4) is 0 Å². The number of nitrogens with zero attached hydrogens (tertiary/aromatic N) is 1. The molecule has 1 aromatic rings. The highest BCUT2D eigenvalue weighted by molar-refractivity contribution is 6.27. The predicted octanol–water partition coefficient (Wildman–Crippen LogP) is 1.38. The highest BCUT2D eigenvalue weighted by atomic mass is 35.5. The summed E-state index contributed by atoms with van der Waals surface area (Å²) in [5.41, 5.74) is 0.974. The van der Waals surface area contributed by atoms with Crippen molar-refractivity contribution >= 4 is 17.5 Å². The molecular formula is C15H20ClNO4. The summed E-state index contributed by atoms with van der Waals surface area (Å²) < 4.78 is 10.8. The number of alkyl halides is 1. The Kier molecular flexibility index (Phi) is 5.58. The average Bonchev–Trinajstić information content (AvgIpc) is 2.95. The molecule has 1 amide bonds. The number of carbonyl (C=O) groups excluding carboxylic acids is 1. The molecule has 6 heteroatoms. The standard InChI is InChI=1S/C15H20ClNO4/c1-15(20-7-8-21-15)13(18)11-17(14(19)9-16)10-12-5-3-2-4-6-12/h2-6,13,18H,7-11H2,1H3. The highest BCUT2D eigenvalue weighted by Crippen LogP contribution is 2.24. The first-order valence-corrected chi connectivity index (χ1v) is 7.42. The third kappa shape index (κ3) is 4.17. The van der Waals surface area contributed by atoms with Gasteiger partial charge in [0.15, 0.2) is 5.79 Å². The summed E-state index contributed by atoms with van der Waals surface area (Å²) in [5, 5.41) is 10.3. The van der Waals surface area contributed by atoms with Crippen LogP contribution in [-0.4, -0.2) is 53.4 Å². The fraction of sp³-hybridized carbons (Fsp3) is 0.533. The Labute approximate surface area is 129 Å². The second-order valence-electron chi connectivity index (χ2n) is 5.12. The van der Waals surface area contributed by atoms with E-state index in [4.69, 9.17) is 21.1 Å². The van der Waals surface area contributed by atoms with Crippen molar-refractivity contribution in [2.75, 3.05) is 25.6 Å². The molecule has 0 bridgehead atoms. The minimum Gasteiger partial charge on any atom is -0.386 e. The lowest BCUT2D eigenvalue weighted by atomic mass is 10.1. The minimum atomic E-state index is -1.07. The first-order chi connectivity index (χ1) is 10.0. The highest BCUT2D eigenvalue weighted by Gasteiger charge is 2.40. The summed E-state index contributed by atoms with van der Waals surface area (Å²) in [4.78, 5) is 13.5. The van der Waals surface area contributed by atoms with E-state index in [0.29, 0.717) is 19.8 Å². The van der Waals surface area contributed by atoms with Gasteiger partial charge in [0, 0.05) is 6.54 Å². The van der Waals surface area contributed by atoms with Gasteiger partial charge in [0.25, 0.3) is 0 Å². The summed E-state index contributed by atoms with van der Waals surface area (Å²) in [6.07, 6.45) is -0.934. The number of ether oxygens (including phenoxy) is 2. The molecule has 0 aliphatic carbocycles. The summed E-state index contributed by atoms with van der Waals surface area (Å²) in [6, 6.07) is 9.56. The van der Waals surface area contributed by atoms with Crippen molar-refractivity contribution in [3.8, 4) is 0 Å². The number of hydrogen-bond acceptors (Lipinski definition) is 4. The first kappa shape index (κ1) is 16.2. The van der Waals surface area contributed by atoms with Crippen LogP contribution in [0.5, 0.6) is 0 Å². The number of rotatable bonds is 6. The molecule has 1 saturated heterocycles. The minimum absolute atomic E-state index is 0.108.